The van der Waals surface area contributed by atoms with Crippen molar-refractivity contribution in [3.63, 3.8) is 0 Å². The van der Waals surface area contributed by atoms with Crippen molar-refractivity contribution in [2.24, 2.45) is 0 Å². The number of rotatable bonds is 5. The number of ether oxygens (including phenoxy) is 1. The summed E-state index contributed by atoms with van der Waals surface area (Å²) in [7, 11) is 0. The van der Waals surface area contributed by atoms with E-state index in [4.69, 9.17) is 34.1 Å². The zero-order chi connectivity index (χ0) is 41.5. The van der Waals surface area contributed by atoms with E-state index in [0.717, 1.165) is 94.7 Å². The van der Waals surface area contributed by atoms with Gasteiger partial charge in [0.1, 0.15) is 17.1 Å². The first kappa shape index (κ1) is 35.2. The van der Waals surface area contributed by atoms with E-state index < -0.39 is 5.41 Å². The number of hydrogen-bond donors (Lipinski definition) is 0. The molecule has 0 fully saturated rings. The minimum Gasteiger partial charge on any atom is -0.457 e. The minimum atomic E-state index is -0.735. The number of benzene rings is 8. The van der Waals surface area contributed by atoms with E-state index in [2.05, 4.69) is 78.9 Å². The lowest BCUT2D eigenvalue weighted by molar-refractivity contribution is 0.436. The molecule has 7 nitrogen and oxygen atoms in total. The summed E-state index contributed by atoms with van der Waals surface area (Å²) in [6.45, 7) is 0. The van der Waals surface area contributed by atoms with Crippen LogP contribution in [0.4, 0.5) is 0 Å². The van der Waals surface area contributed by atoms with E-state index in [1.807, 2.05) is 121 Å². The van der Waals surface area contributed by atoms with E-state index in [1.54, 1.807) is 0 Å². The third kappa shape index (κ3) is 5.36. The summed E-state index contributed by atoms with van der Waals surface area (Å²) >= 11 is 0. The Morgan fingerprint density at radius 1 is 0.349 bits per heavy atom. The van der Waals surface area contributed by atoms with Crippen molar-refractivity contribution >= 4 is 22.1 Å². The highest BCUT2D eigenvalue weighted by Crippen LogP contribution is 2.63. The maximum atomic E-state index is 6.71. The highest BCUT2D eigenvalue weighted by atomic mass is 16.5. The number of furan rings is 1. The summed E-state index contributed by atoms with van der Waals surface area (Å²) in [4.78, 5) is 25.6. The first-order valence-corrected chi connectivity index (χ1v) is 21.0. The Kier molecular flexibility index (Phi) is 7.68. The molecule has 1 aliphatic carbocycles. The lowest BCUT2D eigenvalue weighted by Gasteiger charge is -2.39. The molecule has 0 saturated carbocycles. The number of hydrogen-bond acceptors (Lipinski definition) is 7. The largest absolute Gasteiger partial charge is 0.457 e. The molecular formula is C56H33N5O2. The lowest BCUT2D eigenvalue weighted by Crippen LogP contribution is -2.32. The maximum Gasteiger partial charge on any atom is 0.231 e. The van der Waals surface area contributed by atoms with E-state index in [1.165, 1.54) is 0 Å². The third-order valence-electron chi connectivity index (χ3n) is 12.4. The van der Waals surface area contributed by atoms with E-state index in [-0.39, 0.29) is 0 Å². The quantitative estimate of drug-likeness (QED) is 0.171. The zero-order valence-corrected chi connectivity index (χ0v) is 33.6. The molecule has 11 aromatic rings. The van der Waals surface area contributed by atoms with Crippen LogP contribution in [0.25, 0.3) is 90.0 Å². The Morgan fingerprint density at radius 2 is 0.873 bits per heavy atom. The van der Waals surface area contributed by atoms with Gasteiger partial charge in [0.05, 0.1) is 16.5 Å². The standard InChI is InChI=1S/C56H33N5O2/c1-4-16-34(17-5-1)51-57-50(49-40-22-10-13-25-46(40)63-55(49)61-51)37-29-31-42-41(32-37)39-30-28-38(33-45(39)56(42)43-23-11-14-26-47(43)62-48-27-15-12-24-44(48)56)54-59-52(35-18-6-2-7-19-35)58-53(60-54)36-20-8-3-9-21-36/h1-33H. The zero-order valence-electron chi connectivity index (χ0n) is 33.6. The highest BCUT2D eigenvalue weighted by Gasteiger charge is 2.51. The second-order valence-electron chi connectivity index (χ2n) is 15.9. The van der Waals surface area contributed by atoms with Crippen molar-refractivity contribution in [1.82, 2.24) is 24.9 Å². The van der Waals surface area contributed by atoms with Gasteiger partial charge < -0.3 is 9.15 Å². The Balaban J connectivity index is 1.08. The molecule has 4 heterocycles. The van der Waals surface area contributed by atoms with E-state index in [0.29, 0.717) is 29.0 Å². The Morgan fingerprint density at radius 3 is 1.51 bits per heavy atom. The second kappa shape index (κ2) is 13.7. The van der Waals surface area contributed by atoms with Crippen molar-refractivity contribution in [1.29, 1.82) is 0 Å². The number of fused-ring (bicyclic) bond motifs is 12. The first-order valence-electron chi connectivity index (χ1n) is 21.0. The van der Waals surface area contributed by atoms with E-state index >= 15 is 0 Å². The molecule has 1 spiro atoms. The predicted octanol–water partition coefficient (Wildman–Crippen LogP) is 13.4. The van der Waals surface area contributed by atoms with Crippen LogP contribution >= 0.6 is 0 Å². The normalized spacial score (nSPS) is 13.0. The molecule has 7 heteroatoms. The predicted molar refractivity (Wildman–Crippen MR) is 247 cm³/mol. The molecule has 0 N–H and O–H groups in total. The van der Waals surface area contributed by atoms with Crippen molar-refractivity contribution < 1.29 is 9.15 Å². The molecule has 0 bridgehead atoms. The smallest absolute Gasteiger partial charge is 0.231 e. The maximum absolute atomic E-state index is 6.71. The molecule has 8 aromatic carbocycles. The van der Waals surface area contributed by atoms with Crippen LogP contribution in [-0.2, 0) is 5.41 Å². The average Bonchev–Trinajstić information content (AvgIpc) is 3.87. The van der Waals surface area contributed by atoms with Crippen molar-refractivity contribution in [2.45, 2.75) is 5.41 Å². The molecule has 3 aromatic heterocycles. The fourth-order valence-corrected chi connectivity index (χ4v) is 9.68. The molecule has 0 atom stereocenters. The van der Waals surface area contributed by atoms with Gasteiger partial charge in [-0.25, -0.2) is 19.9 Å². The monoisotopic (exact) mass is 807 g/mol. The van der Waals surface area contributed by atoms with Crippen LogP contribution in [0, 0.1) is 0 Å². The topological polar surface area (TPSA) is 86.8 Å². The Bertz CT molecular complexity index is 3500. The van der Waals surface area contributed by atoms with Crippen LogP contribution in [0.3, 0.4) is 0 Å². The van der Waals surface area contributed by atoms with Gasteiger partial charge in [-0.2, -0.15) is 4.98 Å². The van der Waals surface area contributed by atoms with Crippen LogP contribution in [0.15, 0.2) is 205 Å². The lowest BCUT2D eigenvalue weighted by atomic mass is 9.66. The van der Waals surface area contributed by atoms with Crippen molar-refractivity contribution in [3.8, 4) is 79.4 Å². The molecule has 2 aliphatic rings. The van der Waals surface area contributed by atoms with Crippen LogP contribution in [0.1, 0.15) is 22.3 Å². The summed E-state index contributed by atoms with van der Waals surface area (Å²) in [6.07, 6.45) is 0. The summed E-state index contributed by atoms with van der Waals surface area (Å²) in [6, 6.07) is 68.6. The fourth-order valence-electron chi connectivity index (χ4n) is 9.68. The fraction of sp³-hybridized carbons (Fsp3) is 0.0179. The van der Waals surface area contributed by atoms with Crippen molar-refractivity contribution in [2.75, 3.05) is 0 Å². The van der Waals surface area contributed by atoms with Gasteiger partial charge in [-0.3, -0.25) is 0 Å². The molecule has 294 valence electrons. The van der Waals surface area contributed by atoms with Crippen LogP contribution in [0.5, 0.6) is 11.5 Å². The van der Waals surface area contributed by atoms with Gasteiger partial charge in [0.25, 0.3) is 0 Å². The number of para-hydroxylation sites is 3. The molecule has 0 radical (unpaired) electrons. The summed E-state index contributed by atoms with van der Waals surface area (Å²) in [5.74, 6) is 4.06. The molecule has 0 saturated heterocycles. The number of nitrogens with zero attached hydrogens (tertiary/aromatic N) is 5. The van der Waals surface area contributed by atoms with Crippen LogP contribution in [0.2, 0.25) is 0 Å². The SMILES string of the molecule is c1ccc(-c2nc(-c3ccccc3)nc(-c3ccc4c(c3)C3(c5ccccc5Oc5ccccc53)c3ccc(-c5nc(-c6ccccc6)nc6oc7ccccc7c56)cc3-4)n2)cc1. The van der Waals surface area contributed by atoms with Gasteiger partial charge in [0.15, 0.2) is 23.3 Å². The molecule has 63 heavy (non-hydrogen) atoms. The van der Waals surface area contributed by atoms with Gasteiger partial charge in [-0.05, 0) is 52.6 Å². The summed E-state index contributed by atoms with van der Waals surface area (Å²) < 4.78 is 13.1. The summed E-state index contributed by atoms with van der Waals surface area (Å²) in [5.41, 5.74) is 12.6. The van der Waals surface area contributed by atoms with Crippen LogP contribution < -0.4 is 4.74 Å². The van der Waals surface area contributed by atoms with Gasteiger partial charge >= 0.3 is 0 Å². The van der Waals surface area contributed by atoms with Gasteiger partial charge in [0, 0.05) is 44.3 Å². The summed E-state index contributed by atoms with van der Waals surface area (Å²) in [5, 5.41) is 1.85. The van der Waals surface area contributed by atoms with Gasteiger partial charge in [-0.15, -0.1) is 0 Å². The average molecular weight is 808 g/mol. The number of aromatic nitrogens is 5. The molecule has 1 aliphatic heterocycles. The van der Waals surface area contributed by atoms with E-state index in [9.17, 15) is 0 Å². The van der Waals surface area contributed by atoms with Crippen LogP contribution in [-0.4, -0.2) is 24.9 Å². The third-order valence-corrected chi connectivity index (χ3v) is 12.4. The molecule has 0 amide bonds. The van der Waals surface area contributed by atoms with Gasteiger partial charge in [-0.1, -0.05) is 170 Å². The molecule has 13 rings (SSSR count). The minimum absolute atomic E-state index is 0.552. The Hall–Kier alpha value is -8.55. The molecular weight excluding hydrogens is 775 g/mol. The highest BCUT2D eigenvalue weighted by molar-refractivity contribution is 6.11. The first-order chi connectivity index (χ1) is 31.2. The van der Waals surface area contributed by atoms with Crippen molar-refractivity contribution in [3.05, 3.63) is 222 Å². The Labute approximate surface area is 362 Å². The van der Waals surface area contributed by atoms with Gasteiger partial charge in [0.2, 0.25) is 5.71 Å². The second-order valence-corrected chi connectivity index (χ2v) is 15.9. The molecule has 0 unspecified atom stereocenters.